The standard InChI is InChI=1S/C15H23FN2O/c1-11(2)15(12-6-8-13(16)9-7-12)18-14(19)5-3-4-10-17/h6-9,11,15H,3-5,10,17H2,1-2H3,(H,18,19). The van der Waals surface area contributed by atoms with Gasteiger partial charge in [0.15, 0.2) is 0 Å². The molecule has 1 rings (SSSR count). The lowest BCUT2D eigenvalue weighted by molar-refractivity contribution is -0.122. The Kier molecular flexibility index (Phi) is 6.50. The van der Waals surface area contributed by atoms with Crippen LogP contribution >= 0.6 is 0 Å². The van der Waals surface area contributed by atoms with E-state index in [2.05, 4.69) is 5.32 Å². The highest BCUT2D eigenvalue weighted by molar-refractivity contribution is 5.76. The molecule has 0 heterocycles. The summed E-state index contributed by atoms with van der Waals surface area (Å²) in [5.74, 6) is 0.0147. The number of hydrogen-bond donors (Lipinski definition) is 2. The summed E-state index contributed by atoms with van der Waals surface area (Å²) in [6.45, 7) is 4.68. The van der Waals surface area contributed by atoms with Crippen LogP contribution in [0.15, 0.2) is 24.3 Å². The molecular formula is C15H23FN2O. The monoisotopic (exact) mass is 266 g/mol. The molecular weight excluding hydrogens is 243 g/mol. The lowest BCUT2D eigenvalue weighted by Gasteiger charge is -2.23. The van der Waals surface area contributed by atoms with Crippen LogP contribution in [-0.2, 0) is 4.79 Å². The van der Waals surface area contributed by atoms with E-state index in [1.807, 2.05) is 13.8 Å². The maximum absolute atomic E-state index is 12.9. The van der Waals surface area contributed by atoms with Crippen molar-refractivity contribution in [3.05, 3.63) is 35.6 Å². The van der Waals surface area contributed by atoms with Crippen molar-refractivity contribution in [3.8, 4) is 0 Å². The van der Waals surface area contributed by atoms with Gasteiger partial charge in [0.1, 0.15) is 5.82 Å². The van der Waals surface area contributed by atoms with Crippen molar-refractivity contribution in [3.63, 3.8) is 0 Å². The molecule has 1 aromatic rings. The summed E-state index contributed by atoms with van der Waals surface area (Å²) in [6.07, 6.45) is 2.15. The molecule has 0 aliphatic carbocycles. The molecule has 1 unspecified atom stereocenters. The summed E-state index contributed by atoms with van der Waals surface area (Å²) in [7, 11) is 0. The van der Waals surface area contributed by atoms with Gasteiger partial charge in [-0.05, 0) is 43.0 Å². The normalized spacial score (nSPS) is 12.5. The van der Waals surface area contributed by atoms with Gasteiger partial charge in [-0.3, -0.25) is 4.79 Å². The van der Waals surface area contributed by atoms with Gasteiger partial charge in [-0.15, -0.1) is 0 Å². The number of benzene rings is 1. The van der Waals surface area contributed by atoms with Gasteiger partial charge in [-0.2, -0.15) is 0 Å². The van der Waals surface area contributed by atoms with Crippen LogP contribution in [-0.4, -0.2) is 12.5 Å². The fourth-order valence-electron chi connectivity index (χ4n) is 1.98. The second-order valence-electron chi connectivity index (χ2n) is 5.09. The summed E-state index contributed by atoms with van der Waals surface area (Å²) in [4.78, 5) is 11.8. The molecule has 0 saturated heterocycles. The third-order valence-electron chi connectivity index (χ3n) is 3.07. The number of carbonyl (C=O) groups is 1. The Labute approximate surface area is 114 Å². The molecule has 3 N–H and O–H groups in total. The van der Waals surface area contributed by atoms with Crippen molar-refractivity contribution in [1.29, 1.82) is 0 Å². The second-order valence-corrected chi connectivity index (χ2v) is 5.09. The highest BCUT2D eigenvalue weighted by atomic mass is 19.1. The summed E-state index contributed by atoms with van der Waals surface area (Å²) < 4.78 is 12.9. The first-order valence-corrected chi connectivity index (χ1v) is 6.79. The predicted molar refractivity (Wildman–Crippen MR) is 75.0 cm³/mol. The van der Waals surface area contributed by atoms with Crippen LogP contribution in [0.3, 0.4) is 0 Å². The number of carbonyl (C=O) groups excluding carboxylic acids is 1. The first-order chi connectivity index (χ1) is 9.04. The number of hydrogen-bond acceptors (Lipinski definition) is 2. The molecule has 0 aliphatic rings. The van der Waals surface area contributed by atoms with Crippen LogP contribution in [0.2, 0.25) is 0 Å². The molecule has 0 fully saturated rings. The zero-order valence-electron chi connectivity index (χ0n) is 11.7. The fourth-order valence-corrected chi connectivity index (χ4v) is 1.98. The van der Waals surface area contributed by atoms with Gasteiger partial charge in [-0.25, -0.2) is 4.39 Å². The lowest BCUT2D eigenvalue weighted by Crippen LogP contribution is -2.31. The summed E-state index contributed by atoms with van der Waals surface area (Å²) >= 11 is 0. The van der Waals surface area contributed by atoms with Crippen molar-refractivity contribution in [2.75, 3.05) is 6.54 Å². The highest BCUT2D eigenvalue weighted by Crippen LogP contribution is 2.22. The third-order valence-corrected chi connectivity index (χ3v) is 3.07. The van der Waals surface area contributed by atoms with E-state index in [9.17, 15) is 9.18 Å². The molecule has 106 valence electrons. The van der Waals surface area contributed by atoms with E-state index >= 15 is 0 Å². The summed E-state index contributed by atoms with van der Waals surface area (Å²) in [5.41, 5.74) is 6.34. The molecule has 0 spiro atoms. The maximum Gasteiger partial charge on any atom is 0.220 e. The Morgan fingerprint density at radius 1 is 1.26 bits per heavy atom. The zero-order valence-corrected chi connectivity index (χ0v) is 11.7. The van der Waals surface area contributed by atoms with Crippen molar-refractivity contribution in [2.24, 2.45) is 11.7 Å². The van der Waals surface area contributed by atoms with Gasteiger partial charge in [-0.1, -0.05) is 26.0 Å². The van der Waals surface area contributed by atoms with E-state index < -0.39 is 0 Å². The predicted octanol–water partition coefficient (Wildman–Crippen LogP) is 2.77. The largest absolute Gasteiger partial charge is 0.349 e. The van der Waals surface area contributed by atoms with E-state index in [0.717, 1.165) is 18.4 Å². The molecule has 0 aliphatic heterocycles. The quantitative estimate of drug-likeness (QED) is 0.746. The molecule has 19 heavy (non-hydrogen) atoms. The Balaban J connectivity index is 2.63. The summed E-state index contributed by atoms with van der Waals surface area (Å²) in [6, 6.07) is 6.21. The Morgan fingerprint density at radius 3 is 2.42 bits per heavy atom. The van der Waals surface area contributed by atoms with Gasteiger partial charge in [0.2, 0.25) is 5.91 Å². The smallest absolute Gasteiger partial charge is 0.220 e. The van der Waals surface area contributed by atoms with Gasteiger partial charge in [0.05, 0.1) is 6.04 Å². The van der Waals surface area contributed by atoms with Crippen LogP contribution in [0.5, 0.6) is 0 Å². The number of amides is 1. The van der Waals surface area contributed by atoms with Crippen molar-refractivity contribution in [2.45, 2.75) is 39.2 Å². The van der Waals surface area contributed by atoms with Gasteiger partial charge in [0, 0.05) is 6.42 Å². The zero-order chi connectivity index (χ0) is 14.3. The fraction of sp³-hybridized carbons (Fsp3) is 0.533. The average molecular weight is 266 g/mol. The van der Waals surface area contributed by atoms with Crippen molar-refractivity contribution in [1.82, 2.24) is 5.32 Å². The van der Waals surface area contributed by atoms with Crippen LogP contribution < -0.4 is 11.1 Å². The molecule has 0 aromatic heterocycles. The Morgan fingerprint density at radius 2 is 1.89 bits per heavy atom. The lowest BCUT2D eigenvalue weighted by atomic mass is 9.95. The first-order valence-electron chi connectivity index (χ1n) is 6.79. The highest BCUT2D eigenvalue weighted by Gasteiger charge is 2.17. The number of nitrogens with one attached hydrogen (secondary N) is 1. The maximum atomic E-state index is 12.9. The number of unbranched alkanes of at least 4 members (excludes halogenated alkanes) is 1. The Bertz CT molecular complexity index is 390. The van der Waals surface area contributed by atoms with E-state index in [4.69, 9.17) is 5.73 Å². The van der Waals surface area contributed by atoms with Gasteiger partial charge < -0.3 is 11.1 Å². The molecule has 1 aromatic carbocycles. The molecule has 3 nitrogen and oxygen atoms in total. The number of rotatable bonds is 7. The average Bonchev–Trinajstić information content (AvgIpc) is 2.37. The van der Waals surface area contributed by atoms with Crippen LogP contribution in [0.25, 0.3) is 0 Å². The van der Waals surface area contributed by atoms with Crippen molar-refractivity contribution >= 4 is 5.91 Å². The topological polar surface area (TPSA) is 55.1 Å². The molecule has 0 radical (unpaired) electrons. The minimum absolute atomic E-state index is 0.0245. The first kappa shape index (κ1) is 15.6. The molecule has 0 bridgehead atoms. The van der Waals surface area contributed by atoms with Crippen LogP contribution in [0, 0.1) is 11.7 Å². The molecule has 1 amide bonds. The molecule has 1 atom stereocenters. The molecule has 4 heteroatoms. The number of halogens is 1. The van der Waals surface area contributed by atoms with Gasteiger partial charge in [0.25, 0.3) is 0 Å². The minimum atomic E-state index is -0.263. The van der Waals surface area contributed by atoms with Crippen LogP contribution in [0.4, 0.5) is 4.39 Å². The van der Waals surface area contributed by atoms with Gasteiger partial charge >= 0.3 is 0 Å². The van der Waals surface area contributed by atoms with E-state index in [1.54, 1.807) is 12.1 Å². The second kappa shape index (κ2) is 7.89. The van der Waals surface area contributed by atoms with E-state index in [-0.39, 0.29) is 23.7 Å². The summed E-state index contributed by atoms with van der Waals surface area (Å²) in [5, 5.41) is 3.01. The third kappa shape index (κ3) is 5.39. The number of nitrogens with two attached hydrogens (primary N) is 1. The minimum Gasteiger partial charge on any atom is -0.349 e. The molecule has 0 saturated carbocycles. The van der Waals surface area contributed by atoms with Crippen molar-refractivity contribution < 1.29 is 9.18 Å². The van der Waals surface area contributed by atoms with E-state index in [0.29, 0.717) is 13.0 Å². The SMILES string of the molecule is CC(C)C(NC(=O)CCCCN)c1ccc(F)cc1. The Hall–Kier alpha value is -1.42. The van der Waals surface area contributed by atoms with Crippen LogP contribution in [0.1, 0.15) is 44.7 Å². The van der Waals surface area contributed by atoms with E-state index in [1.165, 1.54) is 12.1 Å².